The monoisotopic (exact) mass is 465 g/mol. The molecule has 0 saturated carbocycles. The van der Waals surface area contributed by atoms with Crippen molar-refractivity contribution in [2.24, 2.45) is 10.7 Å². The van der Waals surface area contributed by atoms with Crippen LogP contribution in [0.3, 0.4) is 0 Å². The van der Waals surface area contributed by atoms with Gasteiger partial charge in [0.1, 0.15) is 33.5 Å². The molecule has 3 atom stereocenters. The first kappa shape index (κ1) is 23.7. The molecular formula is C20H25F2N7O2S. The Labute approximate surface area is 187 Å². The van der Waals surface area contributed by atoms with E-state index in [4.69, 9.17) is 16.9 Å². The van der Waals surface area contributed by atoms with Crippen LogP contribution in [-0.2, 0) is 0 Å². The average molecular weight is 466 g/mol. The van der Waals surface area contributed by atoms with Crippen molar-refractivity contribution < 1.29 is 18.7 Å². The van der Waals surface area contributed by atoms with Crippen molar-refractivity contribution in [3.63, 3.8) is 0 Å². The smallest absolute Gasteiger partial charge is 0.273 e. The summed E-state index contributed by atoms with van der Waals surface area (Å²) in [5, 5.41) is 20.4. The van der Waals surface area contributed by atoms with Gasteiger partial charge in [0.15, 0.2) is 5.69 Å². The van der Waals surface area contributed by atoms with Crippen LogP contribution in [0, 0.1) is 17.0 Å². The number of carbonyl (C=O) groups is 1. The van der Waals surface area contributed by atoms with Crippen molar-refractivity contribution in [1.29, 1.82) is 5.41 Å². The highest BCUT2D eigenvalue weighted by Gasteiger charge is 2.29. The first-order valence-electron chi connectivity index (χ1n) is 9.94. The Kier molecular flexibility index (Phi) is 7.48. The number of hydrogen-bond acceptors (Lipinski definition) is 8. The van der Waals surface area contributed by atoms with Crippen molar-refractivity contribution >= 4 is 34.3 Å². The number of likely N-dealkylation sites (tertiary alicyclic amines) is 1. The van der Waals surface area contributed by atoms with E-state index in [0.717, 1.165) is 29.7 Å². The van der Waals surface area contributed by atoms with E-state index in [1.807, 2.05) is 4.90 Å². The average Bonchev–Trinajstić information content (AvgIpc) is 3.06. The number of thiazole rings is 1. The van der Waals surface area contributed by atoms with Crippen LogP contribution in [0.25, 0.3) is 10.6 Å². The zero-order valence-corrected chi connectivity index (χ0v) is 18.2. The lowest BCUT2D eigenvalue weighted by molar-refractivity contribution is 0.0949. The summed E-state index contributed by atoms with van der Waals surface area (Å²) in [6.07, 6.45) is 1.32. The third kappa shape index (κ3) is 4.92. The molecule has 2 aromatic rings. The lowest BCUT2D eigenvalue weighted by Crippen LogP contribution is -2.50. The van der Waals surface area contributed by atoms with Crippen LogP contribution in [0.4, 0.5) is 13.8 Å². The van der Waals surface area contributed by atoms with E-state index >= 15 is 0 Å². The number of benzene rings is 1. The third-order valence-corrected chi connectivity index (χ3v) is 6.15. The number of carbonyl (C=O) groups excluding carboxylic acids is 1. The highest BCUT2D eigenvalue weighted by Crippen LogP contribution is 2.33. The highest BCUT2D eigenvalue weighted by molar-refractivity contribution is 7.19. The number of nitrogens with one attached hydrogen (secondary N) is 2. The van der Waals surface area contributed by atoms with Crippen LogP contribution in [0.15, 0.2) is 23.2 Å². The minimum Gasteiger partial charge on any atom is -0.391 e. The van der Waals surface area contributed by atoms with E-state index in [1.165, 1.54) is 13.1 Å². The van der Waals surface area contributed by atoms with Gasteiger partial charge in [0.2, 0.25) is 0 Å². The number of aliphatic imine (C=N–C) groups is 1. The molecule has 1 aromatic heterocycles. The number of anilines is 1. The summed E-state index contributed by atoms with van der Waals surface area (Å²) in [5.74, 6) is -1.91. The topological polar surface area (TPSA) is 154 Å². The molecule has 32 heavy (non-hydrogen) atoms. The van der Waals surface area contributed by atoms with Crippen molar-refractivity contribution in [2.45, 2.75) is 31.0 Å². The predicted octanol–water partition coefficient (Wildman–Crippen LogP) is 1.23. The van der Waals surface area contributed by atoms with Gasteiger partial charge in [-0.2, -0.15) is 0 Å². The molecule has 0 bridgehead atoms. The number of amidine groups is 1. The van der Waals surface area contributed by atoms with Crippen molar-refractivity contribution in [3.05, 3.63) is 35.5 Å². The molecule has 172 valence electrons. The summed E-state index contributed by atoms with van der Waals surface area (Å²) in [4.78, 5) is 23.0. The number of halogens is 2. The van der Waals surface area contributed by atoms with E-state index in [1.54, 1.807) is 0 Å². The van der Waals surface area contributed by atoms with Crippen LogP contribution >= 0.6 is 11.3 Å². The zero-order valence-electron chi connectivity index (χ0n) is 17.4. The first-order valence-corrected chi connectivity index (χ1v) is 10.8. The second kappa shape index (κ2) is 10.1. The van der Waals surface area contributed by atoms with E-state index in [0.29, 0.717) is 31.8 Å². The fraction of sp³-hybridized carbons (Fsp3) is 0.400. The van der Waals surface area contributed by atoms with Crippen LogP contribution in [0.1, 0.15) is 23.3 Å². The molecule has 3 unspecified atom stereocenters. The molecule has 1 aliphatic rings. The Bertz CT molecular complexity index is 997. The summed E-state index contributed by atoms with van der Waals surface area (Å²) >= 11 is 0.791. The van der Waals surface area contributed by atoms with Gasteiger partial charge < -0.3 is 32.2 Å². The van der Waals surface area contributed by atoms with Crippen LogP contribution < -0.4 is 16.8 Å². The number of aliphatic hydroxyl groups excluding tert-OH is 1. The molecule has 1 fully saturated rings. The molecule has 1 aromatic carbocycles. The fourth-order valence-electron chi connectivity index (χ4n) is 3.51. The summed E-state index contributed by atoms with van der Waals surface area (Å²) in [7, 11) is 1.54. The third-order valence-electron chi connectivity index (χ3n) is 5.25. The lowest BCUT2D eigenvalue weighted by atomic mass is 10.1. The zero-order chi connectivity index (χ0) is 23.4. The Morgan fingerprint density at radius 1 is 1.41 bits per heavy atom. The van der Waals surface area contributed by atoms with Gasteiger partial charge in [-0.3, -0.25) is 9.79 Å². The molecular weight excluding hydrogens is 440 g/mol. The summed E-state index contributed by atoms with van der Waals surface area (Å²) in [6, 6.07) is 2.16. The maximum atomic E-state index is 14.1. The minimum atomic E-state index is -0.895. The minimum absolute atomic E-state index is 0.0114. The van der Waals surface area contributed by atoms with Gasteiger partial charge >= 0.3 is 0 Å². The quantitative estimate of drug-likeness (QED) is 0.331. The van der Waals surface area contributed by atoms with Gasteiger partial charge in [-0.1, -0.05) is 17.4 Å². The van der Waals surface area contributed by atoms with Crippen LogP contribution in [0.2, 0.25) is 0 Å². The predicted molar refractivity (Wildman–Crippen MR) is 120 cm³/mol. The summed E-state index contributed by atoms with van der Waals surface area (Å²) in [6.45, 7) is 0.956. The largest absolute Gasteiger partial charge is 0.391 e. The molecule has 1 saturated heterocycles. The van der Waals surface area contributed by atoms with Crippen LogP contribution in [-0.4, -0.2) is 71.3 Å². The number of hydrogen-bond donors (Lipinski definition) is 5. The maximum Gasteiger partial charge on any atom is 0.273 e. The van der Waals surface area contributed by atoms with Crippen LogP contribution in [0.5, 0.6) is 0 Å². The Balaban J connectivity index is 1.81. The van der Waals surface area contributed by atoms with Gasteiger partial charge in [-0.25, -0.2) is 13.8 Å². The van der Waals surface area contributed by atoms with Crippen molar-refractivity contribution in [3.8, 4) is 10.6 Å². The van der Waals surface area contributed by atoms with E-state index in [-0.39, 0.29) is 27.3 Å². The van der Waals surface area contributed by atoms with E-state index in [9.17, 15) is 18.7 Å². The lowest BCUT2D eigenvalue weighted by Gasteiger charge is -2.28. The fourth-order valence-corrected chi connectivity index (χ4v) is 4.39. The number of rotatable bonds is 5. The highest BCUT2D eigenvalue weighted by atomic mass is 32.1. The second-order valence-corrected chi connectivity index (χ2v) is 8.35. The standard InChI is InChI=1S/C20H25F2N7O2S/c1-26-18(29-7-5-12(24)14(30)6-8-29)13(9-23)27-19(31)16-17(25)32-20(28-16)15-10(21)3-2-4-11(15)22/h2-4,9,12-14,23,30H,5-8,24-25H2,1H3,(H,27,31). The molecule has 7 N–H and O–H groups in total. The molecule has 12 heteroatoms. The van der Waals surface area contributed by atoms with Gasteiger partial charge in [-0.05, 0) is 25.0 Å². The Morgan fingerprint density at radius 2 is 2.06 bits per heavy atom. The van der Waals surface area contributed by atoms with Gasteiger partial charge in [0, 0.05) is 32.4 Å². The summed E-state index contributed by atoms with van der Waals surface area (Å²) < 4.78 is 28.2. The molecule has 9 nitrogen and oxygen atoms in total. The molecule has 3 rings (SSSR count). The Morgan fingerprint density at radius 3 is 2.69 bits per heavy atom. The van der Waals surface area contributed by atoms with Gasteiger partial charge in [-0.15, -0.1) is 0 Å². The van der Waals surface area contributed by atoms with Crippen molar-refractivity contribution in [2.75, 3.05) is 25.9 Å². The number of amides is 1. The van der Waals surface area contributed by atoms with Gasteiger partial charge in [0.05, 0.1) is 11.7 Å². The first-order chi connectivity index (χ1) is 15.3. The maximum absolute atomic E-state index is 14.1. The Hall–Kier alpha value is -2.96. The molecule has 1 aliphatic heterocycles. The second-order valence-electron chi connectivity index (χ2n) is 7.32. The number of aromatic nitrogens is 1. The normalized spacial score (nSPS) is 20.5. The van der Waals surface area contributed by atoms with E-state index in [2.05, 4.69) is 15.3 Å². The van der Waals surface area contributed by atoms with Crippen molar-refractivity contribution in [1.82, 2.24) is 15.2 Å². The molecule has 0 spiro atoms. The number of nitrogens with two attached hydrogens (primary N) is 2. The number of nitrogen functional groups attached to an aromatic ring is 1. The van der Waals surface area contributed by atoms with Gasteiger partial charge in [0.25, 0.3) is 5.91 Å². The number of nitrogens with zero attached hydrogens (tertiary/aromatic N) is 3. The van der Waals surface area contributed by atoms with E-state index < -0.39 is 29.7 Å². The molecule has 0 aliphatic carbocycles. The molecule has 1 amide bonds. The SMILES string of the molecule is CN=C(C(C=N)NC(=O)c1nc(-c2c(F)cccc2F)sc1N)N1CCC(N)C(O)CC1. The molecule has 0 radical (unpaired) electrons. The summed E-state index contributed by atoms with van der Waals surface area (Å²) in [5.41, 5.74) is 11.3. The number of aliphatic hydroxyl groups is 1. The molecule has 2 heterocycles.